The first kappa shape index (κ1) is 9.47. The lowest BCUT2D eigenvalue weighted by molar-refractivity contribution is 0.0750. The molecule has 0 spiro atoms. The summed E-state index contributed by atoms with van der Waals surface area (Å²) in [5.41, 5.74) is 0.452. The van der Waals surface area contributed by atoms with Crippen LogP contribution in [0, 0.1) is 5.92 Å². The maximum absolute atomic E-state index is 9.27. The fraction of sp³-hybridized carbons (Fsp3) is 1.00. The Bertz CT molecular complexity index is 193. The van der Waals surface area contributed by atoms with Crippen molar-refractivity contribution in [3.63, 3.8) is 0 Å². The Balaban J connectivity index is 2.19. The van der Waals surface area contributed by atoms with E-state index in [9.17, 15) is 5.11 Å². The van der Waals surface area contributed by atoms with Crippen molar-refractivity contribution in [1.82, 2.24) is 4.90 Å². The monoisotopic (exact) mass is 183 g/mol. The molecule has 2 heteroatoms. The van der Waals surface area contributed by atoms with E-state index in [2.05, 4.69) is 18.7 Å². The van der Waals surface area contributed by atoms with Crippen molar-refractivity contribution in [2.24, 2.45) is 5.92 Å². The van der Waals surface area contributed by atoms with Gasteiger partial charge in [-0.1, -0.05) is 13.8 Å². The summed E-state index contributed by atoms with van der Waals surface area (Å²) in [7, 11) is 0. The first-order chi connectivity index (χ1) is 6.20. The summed E-state index contributed by atoms with van der Waals surface area (Å²) in [6, 6.07) is 0.463. The molecule has 2 nitrogen and oxygen atoms in total. The SMILES string of the molecule is CC(C)C12CCCN1C(CO)CC2. The van der Waals surface area contributed by atoms with Crippen molar-refractivity contribution < 1.29 is 5.11 Å². The molecule has 2 heterocycles. The average molecular weight is 183 g/mol. The zero-order valence-corrected chi connectivity index (χ0v) is 8.79. The number of hydrogen-bond donors (Lipinski definition) is 1. The fourth-order valence-electron chi connectivity index (χ4n) is 3.41. The van der Waals surface area contributed by atoms with E-state index in [1.165, 1.54) is 32.2 Å². The van der Waals surface area contributed by atoms with Crippen LogP contribution in [0.25, 0.3) is 0 Å². The summed E-state index contributed by atoms with van der Waals surface area (Å²) >= 11 is 0. The molecule has 2 aliphatic rings. The topological polar surface area (TPSA) is 23.5 Å². The fourth-order valence-corrected chi connectivity index (χ4v) is 3.41. The zero-order chi connectivity index (χ0) is 9.47. The van der Waals surface area contributed by atoms with Gasteiger partial charge in [-0.2, -0.15) is 0 Å². The van der Waals surface area contributed by atoms with Crippen LogP contribution >= 0.6 is 0 Å². The van der Waals surface area contributed by atoms with Crippen LogP contribution < -0.4 is 0 Å². The van der Waals surface area contributed by atoms with Crippen molar-refractivity contribution in [2.45, 2.75) is 51.1 Å². The van der Waals surface area contributed by atoms with E-state index in [1.807, 2.05) is 0 Å². The predicted molar refractivity (Wildman–Crippen MR) is 53.6 cm³/mol. The van der Waals surface area contributed by atoms with Crippen molar-refractivity contribution in [2.75, 3.05) is 13.2 Å². The lowest BCUT2D eigenvalue weighted by atomic mass is 9.83. The van der Waals surface area contributed by atoms with Gasteiger partial charge < -0.3 is 5.11 Å². The molecule has 2 fully saturated rings. The van der Waals surface area contributed by atoms with E-state index in [0.29, 0.717) is 18.2 Å². The highest BCUT2D eigenvalue weighted by molar-refractivity contribution is 5.05. The summed E-state index contributed by atoms with van der Waals surface area (Å²) in [5.74, 6) is 0.742. The van der Waals surface area contributed by atoms with Crippen LogP contribution in [-0.4, -0.2) is 34.7 Å². The lowest BCUT2D eigenvalue weighted by Crippen LogP contribution is -2.47. The first-order valence-electron chi connectivity index (χ1n) is 5.58. The van der Waals surface area contributed by atoms with Crippen LogP contribution in [0.2, 0.25) is 0 Å². The normalized spacial score (nSPS) is 40.2. The Morgan fingerprint density at radius 3 is 2.85 bits per heavy atom. The molecule has 13 heavy (non-hydrogen) atoms. The third-order valence-electron chi connectivity index (χ3n) is 4.22. The molecule has 0 bridgehead atoms. The quantitative estimate of drug-likeness (QED) is 0.703. The minimum Gasteiger partial charge on any atom is -0.395 e. The van der Waals surface area contributed by atoms with Crippen molar-refractivity contribution in [3.05, 3.63) is 0 Å². The Morgan fingerprint density at radius 2 is 2.23 bits per heavy atom. The molecule has 0 saturated carbocycles. The van der Waals surface area contributed by atoms with Crippen LogP contribution in [-0.2, 0) is 0 Å². The molecule has 2 saturated heterocycles. The third-order valence-corrected chi connectivity index (χ3v) is 4.22. The van der Waals surface area contributed by atoms with E-state index in [0.717, 1.165) is 5.92 Å². The van der Waals surface area contributed by atoms with Crippen LogP contribution in [0.3, 0.4) is 0 Å². The standard InChI is InChI=1S/C11H21NO/c1-9(2)11-5-3-7-12(11)10(8-13)4-6-11/h9-10,13H,3-8H2,1-2H3. The number of fused-ring (bicyclic) bond motifs is 1. The van der Waals surface area contributed by atoms with Gasteiger partial charge in [-0.15, -0.1) is 0 Å². The minimum absolute atomic E-state index is 0.356. The van der Waals surface area contributed by atoms with Gasteiger partial charge in [0.25, 0.3) is 0 Å². The maximum atomic E-state index is 9.27. The van der Waals surface area contributed by atoms with E-state index in [-0.39, 0.29) is 0 Å². The summed E-state index contributed by atoms with van der Waals surface area (Å²) in [6.07, 6.45) is 5.18. The van der Waals surface area contributed by atoms with Gasteiger partial charge in [0.05, 0.1) is 6.61 Å². The molecule has 2 aliphatic heterocycles. The van der Waals surface area contributed by atoms with E-state index in [4.69, 9.17) is 0 Å². The van der Waals surface area contributed by atoms with Gasteiger partial charge >= 0.3 is 0 Å². The molecular formula is C11H21NO. The Kier molecular flexibility index (Phi) is 2.37. The molecule has 2 rings (SSSR count). The molecule has 0 amide bonds. The number of aliphatic hydroxyl groups is 1. The molecule has 76 valence electrons. The molecule has 0 aromatic heterocycles. The van der Waals surface area contributed by atoms with Crippen LogP contribution in [0.15, 0.2) is 0 Å². The number of hydrogen-bond acceptors (Lipinski definition) is 2. The summed E-state index contributed by atoms with van der Waals surface area (Å²) in [4.78, 5) is 2.58. The second kappa shape index (κ2) is 3.25. The van der Waals surface area contributed by atoms with Crippen molar-refractivity contribution in [3.8, 4) is 0 Å². The third kappa shape index (κ3) is 1.23. The summed E-state index contributed by atoms with van der Waals surface area (Å²) in [5, 5.41) is 9.27. The maximum Gasteiger partial charge on any atom is 0.0587 e. The Labute approximate surface area is 80.9 Å². The molecule has 2 atom stereocenters. The smallest absolute Gasteiger partial charge is 0.0587 e. The molecule has 2 unspecified atom stereocenters. The van der Waals surface area contributed by atoms with Gasteiger partial charge in [-0.05, 0) is 38.1 Å². The average Bonchev–Trinajstić information content (AvgIpc) is 2.60. The Morgan fingerprint density at radius 1 is 1.46 bits per heavy atom. The predicted octanol–water partition coefficient (Wildman–Crippen LogP) is 1.63. The van der Waals surface area contributed by atoms with Crippen LogP contribution in [0.4, 0.5) is 0 Å². The molecule has 0 radical (unpaired) electrons. The molecule has 0 aromatic carbocycles. The number of aliphatic hydroxyl groups excluding tert-OH is 1. The largest absolute Gasteiger partial charge is 0.395 e. The first-order valence-corrected chi connectivity index (χ1v) is 5.58. The van der Waals surface area contributed by atoms with Crippen molar-refractivity contribution >= 4 is 0 Å². The minimum atomic E-state index is 0.356. The molecule has 1 N–H and O–H groups in total. The second-order valence-electron chi connectivity index (χ2n) is 4.93. The van der Waals surface area contributed by atoms with Gasteiger partial charge in [0.1, 0.15) is 0 Å². The number of rotatable bonds is 2. The van der Waals surface area contributed by atoms with Crippen LogP contribution in [0.1, 0.15) is 39.5 Å². The van der Waals surface area contributed by atoms with E-state index >= 15 is 0 Å². The highest BCUT2D eigenvalue weighted by Gasteiger charge is 2.50. The highest BCUT2D eigenvalue weighted by atomic mass is 16.3. The van der Waals surface area contributed by atoms with Gasteiger partial charge in [0, 0.05) is 11.6 Å². The number of nitrogens with zero attached hydrogens (tertiary/aromatic N) is 1. The lowest BCUT2D eigenvalue weighted by Gasteiger charge is -2.38. The summed E-state index contributed by atoms with van der Waals surface area (Å²) < 4.78 is 0. The van der Waals surface area contributed by atoms with Crippen LogP contribution in [0.5, 0.6) is 0 Å². The molecular weight excluding hydrogens is 162 g/mol. The summed E-state index contributed by atoms with van der Waals surface area (Å²) in [6.45, 7) is 6.23. The zero-order valence-electron chi connectivity index (χ0n) is 8.79. The molecule has 0 aromatic rings. The Hall–Kier alpha value is -0.0800. The van der Waals surface area contributed by atoms with E-state index < -0.39 is 0 Å². The van der Waals surface area contributed by atoms with Gasteiger partial charge in [-0.25, -0.2) is 0 Å². The highest BCUT2D eigenvalue weighted by Crippen LogP contribution is 2.46. The van der Waals surface area contributed by atoms with Gasteiger partial charge in [0.15, 0.2) is 0 Å². The van der Waals surface area contributed by atoms with Gasteiger partial charge in [-0.3, -0.25) is 4.90 Å². The second-order valence-corrected chi connectivity index (χ2v) is 4.93. The van der Waals surface area contributed by atoms with Gasteiger partial charge in [0.2, 0.25) is 0 Å². The van der Waals surface area contributed by atoms with Crippen molar-refractivity contribution in [1.29, 1.82) is 0 Å². The van der Waals surface area contributed by atoms with E-state index in [1.54, 1.807) is 0 Å². The molecule has 0 aliphatic carbocycles.